The van der Waals surface area contributed by atoms with Crippen LogP contribution in [-0.4, -0.2) is 28.8 Å². The third-order valence-electron chi connectivity index (χ3n) is 2.69. The second kappa shape index (κ2) is 5.65. The number of ether oxygens (including phenoxy) is 1. The Morgan fingerprint density at radius 3 is 2.38 bits per heavy atom. The number of rotatable bonds is 3. The molecule has 0 fully saturated rings. The Morgan fingerprint density at radius 2 is 1.90 bits per heavy atom. The van der Waals surface area contributed by atoms with Gasteiger partial charge in [0.15, 0.2) is 11.5 Å². The molecule has 0 radical (unpaired) electrons. The molecule has 0 amide bonds. The normalized spacial score (nSPS) is 11.5. The van der Waals surface area contributed by atoms with Gasteiger partial charge in [0.2, 0.25) is 0 Å². The molecule has 2 aromatic heterocycles. The van der Waals surface area contributed by atoms with Gasteiger partial charge in [-0.25, -0.2) is 14.8 Å². The van der Waals surface area contributed by atoms with E-state index >= 15 is 0 Å². The van der Waals surface area contributed by atoms with Crippen LogP contribution >= 0.6 is 22.7 Å². The lowest BCUT2D eigenvalue weighted by atomic mass is 9.98. The highest BCUT2D eigenvalue weighted by Crippen LogP contribution is 2.33. The molecule has 0 spiro atoms. The lowest BCUT2D eigenvalue weighted by Crippen LogP contribution is -2.10. The van der Waals surface area contributed by atoms with Gasteiger partial charge in [-0.1, -0.05) is 20.8 Å². The van der Waals surface area contributed by atoms with Crippen molar-refractivity contribution in [3.8, 4) is 10.7 Å². The van der Waals surface area contributed by atoms with Gasteiger partial charge in [0.1, 0.15) is 15.6 Å². The van der Waals surface area contributed by atoms with Crippen LogP contribution < -0.4 is 0 Å². The zero-order valence-corrected chi connectivity index (χ0v) is 14.1. The number of ketones is 1. The molecular formula is C14H16N2O3S2. The Labute approximate surface area is 131 Å². The van der Waals surface area contributed by atoms with Crippen molar-refractivity contribution in [1.29, 1.82) is 0 Å². The molecule has 21 heavy (non-hydrogen) atoms. The fourth-order valence-electron chi connectivity index (χ4n) is 1.62. The molecule has 0 saturated heterocycles. The van der Waals surface area contributed by atoms with E-state index in [9.17, 15) is 9.59 Å². The minimum atomic E-state index is -0.603. The summed E-state index contributed by atoms with van der Waals surface area (Å²) in [6, 6.07) is 0. The summed E-state index contributed by atoms with van der Waals surface area (Å²) < 4.78 is 4.67. The summed E-state index contributed by atoms with van der Waals surface area (Å²) in [6.07, 6.45) is 0. The molecule has 0 atom stereocenters. The fourth-order valence-corrected chi connectivity index (χ4v) is 3.50. The van der Waals surface area contributed by atoms with Crippen molar-refractivity contribution in [2.45, 2.75) is 33.1 Å². The van der Waals surface area contributed by atoms with Crippen LogP contribution in [0.2, 0.25) is 0 Å². The Balaban J connectivity index is 2.48. The first kappa shape index (κ1) is 15.8. The van der Waals surface area contributed by atoms with E-state index in [4.69, 9.17) is 0 Å². The monoisotopic (exact) mass is 324 g/mol. The average molecular weight is 324 g/mol. The number of esters is 1. The topological polar surface area (TPSA) is 69.2 Å². The van der Waals surface area contributed by atoms with E-state index in [1.165, 1.54) is 25.4 Å². The van der Waals surface area contributed by atoms with E-state index in [0.29, 0.717) is 15.6 Å². The van der Waals surface area contributed by atoms with Crippen LogP contribution in [0.3, 0.4) is 0 Å². The molecule has 0 unspecified atom stereocenters. The smallest absolute Gasteiger partial charge is 0.358 e. The lowest BCUT2D eigenvalue weighted by molar-refractivity contribution is 0.0591. The second-order valence-corrected chi connectivity index (χ2v) is 7.39. The summed E-state index contributed by atoms with van der Waals surface area (Å²) in [5.41, 5.74) is 0.706. The summed E-state index contributed by atoms with van der Waals surface area (Å²) in [4.78, 5) is 32.4. The summed E-state index contributed by atoms with van der Waals surface area (Å²) in [7, 11) is 1.27. The van der Waals surface area contributed by atoms with Gasteiger partial charge in [0.25, 0.3) is 0 Å². The standard InChI is InChI=1S/C14H16N2O3S2/c1-7(17)10-9(12(18)19-5)16-11(21-10)8-6-20-13(15-8)14(2,3)4/h6H,1-5H3. The van der Waals surface area contributed by atoms with Crippen LogP contribution in [0, 0.1) is 0 Å². The second-order valence-electron chi connectivity index (χ2n) is 5.53. The molecule has 5 nitrogen and oxygen atoms in total. The van der Waals surface area contributed by atoms with Crippen molar-refractivity contribution < 1.29 is 14.3 Å². The molecule has 2 heterocycles. The molecule has 0 aliphatic heterocycles. The van der Waals surface area contributed by atoms with Gasteiger partial charge in [-0.3, -0.25) is 4.79 Å². The number of aromatic nitrogens is 2. The van der Waals surface area contributed by atoms with E-state index in [1.807, 2.05) is 5.38 Å². The first-order valence-corrected chi connectivity index (χ1v) is 8.00. The van der Waals surface area contributed by atoms with Gasteiger partial charge in [-0.05, 0) is 0 Å². The molecule has 0 bridgehead atoms. The Hall–Kier alpha value is -1.60. The molecule has 2 aromatic rings. The molecule has 0 aromatic carbocycles. The van der Waals surface area contributed by atoms with Gasteiger partial charge >= 0.3 is 5.97 Å². The number of hydrogen-bond donors (Lipinski definition) is 0. The Bertz CT molecular complexity index is 695. The minimum absolute atomic E-state index is 0.0469. The molecule has 2 rings (SSSR count). The average Bonchev–Trinajstić information content (AvgIpc) is 3.03. The predicted molar refractivity (Wildman–Crippen MR) is 83.3 cm³/mol. The largest absolute Gasteiger partial charge is 0.464 e. The van der Waals surface area contributed by atoms with E-state index in [0.717, 1.165) is 5.01 Å². The molecule has 7 heteroatoms. The lowest BCUT2D eigenvalue weighted by Gasteiger charge is -2.13. The quantitative estimate of drug-likeness (QED) is 0.638. The molecular weight excluding hydrogens is 308 g/mol. The van der Waals surface area contributed by atoms with Crippen molar-refractivity contribution in [3.63, 3.8) is 0 Å². The summed E-state index contributed by atoms with van der Waals surface area (Å²) in [5, 5.41) is 3.44. The SMILES string of the molecule is COC(=O)c1nc(-c2csc(C(C)(C)C)n2)sc1C(C)=O. The van der Waals surface area contributed by atoms with Crippen LogP contribution in [-0.2, 0) is 10.2 Å². The maximum atomic E-state index is 11.7. The number of Topliss-reactive ketones (excluding diaryl/α,β-unsaturated/α-hetero) is 1. The van der Waals surface area contributed by atoms with E-state index in [-0.39, 0.29) is 16.9 Å². The number of carbonyl (C=O) groups is 2. The van der Waals surface area contributed by atoms with Crippen LogP contribution in [0.5, 0.6) is 0 Å². The van der Waals surface area contributed by atoms with Crippen LogP contribution in [0.4, 0.5) is 0 Å². The van der Waals surface area contributed by atoms with Crippen molar-refractivity contribution in [1.82, 2.24) is 9.97 Å². The minimum Gasteiger partial charge on any atom is -0.464 e. The summed E-state index contributed by atoms with van der Waals surface area (Å²) in [5.74, 6) is -0.806. The molecule has 0 saturated carbocycles. The Morgan fingerprint density at radius 1 is 1.24 bits per heavy atom. The Kier molecular flexibility index (Phi) is 4.25. The van der Waals surface area contributed by atoms with E-state index in [1.54, 1.807) is 11.3 Å². The van der Waals surface area contributed by atoms with Crippen molar-refractivity contribution in [2.75, 3.05) is 7.11 Å². The zero-order valence-electron chi connectivity index (χ0n) is 12.5. The summed E-state index contributed by atoms with van der Waals surface area (Å²) >= 11 is 2.71. The number of methoxy groups -OCH3 is 1. The van der Waals surface area contributed by atoms with Crippen molar-refractivity contribution >= 4 is 34.4 Å². The maximum absolute atomic E-state index is 11.7. The third-order valence-corrected chi connectivity index (χ3v) is 5.14. The van der Waals surface area contributed by atoms with Gasteiger partial charge in [-0.15, -0.1) is 22.7 Å². The molecule has 112 valence electrons. The van der Waals surface area contributed by atoms with Gasteiger partial charge in [0, 0.05) is 17.7 Å². The predicted octanol–water partition coefficient (Wildman–Crippen LogP) is 3.55. The highest BCUT2D eigenvalue weighted by molar-refractivity contribution is 7.17. The van der Waals surface area contributed by atoms with Crippen LogP contribution in [0.1, 0.15) is 52.9 Å². The van der Waals surface area contributed by atoms with Crippen molar-refractivity contribution in [2.24, 2.45) is 0 Å². The van der Waals surface area contributed by atoms with Gasteiger partial charge in [0.05, 0.1) is 12.1 Å². The fraction of sp³-hybridized carbons (Fsp3) is 0.429. The van der Waals surface area contributed by atoms with Gasteiger partial charge < -0.3 is 4.74 Å². The number of nitrogens with zero attached hydrogens (tertiary/aromatic N) is 2. The molecule has 0 N–H and O–H groups in total. The highest BCUT2D eigenvalue weighted by Gasteiger charge is 2.24. The first-order valence-electron chi connectivity index (χ1n) is 6.30. The molecule has 0 aliphatic rings. The third kappa shape index (κ3) is 3.19. The highest BCUT2D eigenvalue weighted by atomic mass is 32.1. The van der Waals surface area contributed by atoms with E-state index in [2.05, 4.69) is 35.5 Å². The molecule has 0 aliphatic carbocycles. The van der Waals surface area contributed by atoms with E-state index < -0.39 is 5.97 Å². The number of thiazole rings is 2. The number of carbonyl (C=O) groups excluding carboxylic acids is 2. The van der Waals surface area contributed by atoms with Crippen LogP contribution in [0.15, 0.2) is 5.38 Å². The zero-order chi connectivity index (χ0) is 15.8. The van der Waals surface area contributed by atoms with Crippen molar-refractivity contribution in [3.05, 3.63) is 21.0 Å². The summed E-state index contributed by atoms with van der Waals surface area (Å²) in [6.45, 7) is 7.65. The van der Waals surface area contributed by atoms with Crippen LogP contribution in [0.25, 0.3) is 10.7 Å². The maximum Gasteiger partial charge on any atom is 0.358 e. The first-order chi connectivity index (χ1) is 9.74. The number of hydrogen-bond acceptors (Lipinski definition) is 7. The van der Waals surface area contributed by atoms with Gasteiger partial charge in [-0.2, -0.15) is 0 Å².